The van der Waals surface area contributed by atoms with Gasteiger partial charge in [-0.2, -0.15) is 13.5 Å². The molecule has 1 heterocycles. The molecule has 3 aromatic rings. The van der Waals surface area contributed by atoms with E-state index in [9.17, 15) is 13.6 Å². The van der Waals surface area contributed by atoms with E-state index in [0.29, 0.717) is 22.3 Å². The highest BCUT2D eigenvalue weighted by molar-refractivity contribution is 7.99. The van der Waals surface area contributed by atoms with Gasteiger partial charge in [0.15, 0.2) is 0 Å². The predicted octanol–water partition coefficient (Wildman–Crippen LogP) is 3.66. The lowest BCUT2D eigenvalue weighted by Crippen LogP contribution is -2.14. The fourth-order valence-electron chi connectivity index (χ4n) is 2.25. The lowest BCUT2D eigenvalue weighted by molar-refractivity contribution is -0.113. The number of carbonyl (C=O) groups is 1. The third-order valence-corrected chi connectivity index (χ3v) is 4.74. The Hall–Kier alpha value is -2.92. The molecule has 0 aliphatic rings. The van der Waals surface area contributed by atoms with Crippen LogP contribution in [0.15, 0.2) is 47.6 Å². The molecule has 0 unspecified atom stereocenters. The van der Waals surface area contributed by atoms with Crippen LogP contribution in [0.25, 0.3) is 5.69 Å². The van der Waals surface area contributed by atoms with E-state index in [2.05, 4.69) is 25.6 Å². The van der Waals surface area contributed by atoms with E-state index in [-0.39, 0.29) is 22.4 Å². The van der Waals surface area contributed by atoms with Gasteiger partial charge >= 0.3 is 6.61 Å². The Balaban J connectivity index is 1.60. The second kappa shape index (κ2) is 9.52. The molecule has 3 rings (SSSR count). The molecule has 0 spiro atoms. The van der Waals surface area contributed by atoms with E-state index in [0.717, 1.165) is 11.8 Å². The van der Waals surface area contributed by atoms with E-state index in [4.69, 9.17) is 16.3 Å². The van der Waals surface area contributed by atoms with E-state index in [1.165, 1.54) is 22.9 Å². The molecule has 0 aliphatic carbocycles. The van der Waals surface area contributed by atoms with Gasteiger partial charge in [0.25, 0.3) is 0 Å². The SMILES string of the molecule is COc1ccc(-n2nnnc2SCC(=O)Nc2ccc(OC(F)F)c(Cl)c2)cc1. The van der Waals surface area contributed by atoms with Crippen LogP contribution in [0.5, 0.6) is 11.5 Å². The average molecular weight is 442 g/mol. The molecule has 0 atom stereocenters. The number of aromatic nitrogens is 4. The van der Waals surface area contributed by atoms with Gasteiger partial charge in [-0.1, -0.05) is 23.4 Å². The molecule has 0 fully saturated rings. The smallest absolute Gasteiger partial charge is 0.387 e. The first-order chi connectivity index (χ1) is 14.0. The van der Waals surface area contributed by atoms with Gasteiger partial charge in [-0.3, -0.25) is 4.79 Å². The van der Waals surface area contributed by atoms with Gasteiger partial charge in [-0.15, -0.1) is 5.10 Å². The monoisotopic (exact) mass is 441 g/mol. The van der Waals surface area contributed by atoms with Crippen LogP contribution in [0, 0.1) is 0 Å². The summed E-state index contributed by atoms with van der Waals surface area (Å²) in [4.78, 5) is 12.2. The Labute approximate surface area is 173 Å². The summed E-state index contributed by atoms with van der Waals surface area (Å²) in [5.74, 6) is 0.188. The number of thioether (sulfide) groups is 1. The molecule has 1 N–H and O–H groups in total. The van der Waals surface area contributed by atoms with Crippen LogP contribution in [0.1, 0.15) is 0 Å². The minimum atomic E-state index is -2.99. The number of methoxy groups -OCH3 is 1. The number of carbonyl (C=O) groups excluding carboxylic acids is 1. The van der Waals surface area contributed by atoms with Crippen LogP contribution >= 0.6 is 23.4 Å². The Bertz CT molecular complexity index is 987. The number of anilines is 1. The third kappa shape index (κ3) is 5.55. The van der Waals surface area contributed by atoms with Crippen LogP contribution in [0.2, 0.25) is 5.02 Å². The first kappa shape index (κ1) is 20.8. The summed E-state index contributed by atoms with van der Waals surface area (Å²) < 4.78 is 35.4. The van der Waals surface area contributed by atoms with Gasteiger partial charge < -0.3 is 14.8 Å². The van der Waals surface area contributed by atoms with Gasteiger partial charge in [-0.25, -0.2) is 0 Å². The first-order valence-electron chi connectivity index (χ1n) is 8.06. The number of ether oxygens (including phenoxy) is 2. The van der Waals surface area contributed by atoms with Crippen LogP contribution in [0.4, 0.5) is 14.5 Å². The normalized spacial score (nSPS) is 10.8. The van der Waals surface area contributed by atoms with Crippen molar-refractivity contribution in [2.45, 2.75) is 11.8 Å². The van der Waals surface area contributed by atoms with E-state index in [1.807, 2.05) is 0 Å². The summed E-state index contributed by atoms with van der Waals surface area (Å²) in [6, 6.07) is 11.1. The van der Waals surface area contributed by atoms with Gasteiger partial charge in [0.1, 0.15) is 11.5 Å². The van der Waals surface area contributed by atoms with Crippen molar-refractivity contribution in [1.82, 2.24) is 20.2 Å². The Morgan fingerprint density at radius 1 is 1.28 bits per heavy atom. The van der Waals surface area contributed by atoms with Crippen LogP contribution in [-0.2, 0) is 4.79 Å². The zero-order valence-electron chi connectivity index (χ0n) is 14.9. The maximum absolute atomic E-state index is 12.3. The van der Waals surface area contributed by atoms with E-state index >= 15 is 0 Å². The quantitative estimate of drug-likeness (QED) is 0.533. The summed E-state index contributed by atoms with van der Waals surface area (Å²) >= 11 is 7.00. The van der Waals surface area contributed by atoms with Crippen molar-refractivity contribution in [3.05, 3.63) is 47.5 Å². The minimum Gasteiger partial charge on any atom is -0.497 e. The fraction of sp³-hybridized carbons (Fsp3) is 0.176. The lowest BCUT2D eigenvalue weighted by atomic mass is 10.3. The standard InChI is InChI=1S/C17H14ClF2N5O3S/c1-27-12-5-3-11(4-6-12)25-17(22-23-24-25)29-9-15(26)21-10-2-7-14(13(18)8-10)28-16(19)20/h2-8,16H,9H2,1H3,(H,21,26). The molecular weight excluding hydrogens is 428 g/mol. The average Bonchev–Trinajstić information content (AvgIpc) is 3.17. The van der Waals surface area contributed by atoms with Crippen LogP contribution < -0.4 is 14.8 Å². The second-order valence-electron chi connectivity index (χ2n) is 5.43. The van der Waals surface area contributed by atoms with Gasteiger partial charge in [0, 0.05) is 5.69 Å². The summed E-state index contributed by atoms with van der Waals surface area (Å²) in [6.45, 7) is -2.99. The summed E-state index contributed by atoms with van der Waals surface area (Å²) in [5, 5.41) is 14.5. The maximum atomic E-state index is 12.3. The van der Waals surface area contributed by atoms with Gasteiger partial charge in [0.05, 0.1) is 23.6 Å². The minimum absolute atomic E-state index is 0.0173. The molecular formula is C17H14ClF2N5O3S. The second-order valence-corrected chi connectivity index (χ2v) is 6.78. The molecule has 0 bridgehead atoms. The first-order valence-corrected chi connectivity index (χ1v) is 9.42. The topological polar surface area (TPSA) is 91.2 Å². The molecule has 1 aromatic heterocycles. The van der Waals surface area contributed by atoms with Crippen molar-refractivity contribution in [1.29, 1.82) is 0 Å². The Morgan fingerprint density at radius 3 is 2.69 bits per heavy atom. The molecule has 12 heteroatoms. The molecule has 0 aliphatic heterocycles. The van der Waals surface area contributed by atoms with Crippen molar-refractivity contribution >= 4 is 35.0 Å². The molecule has 0 radical (unpaired) electrons. The van der Waals surface area contributed by atoms with Crippen molar-refractivity contribution < 1.29 is 23.0 Å². The summed E-state index contributed by atoms with van der Waals surface area (Å²) in [5.41, 5.74) is 1.05. The van der Waals surface area contributed by atoms with E-state index in [1.54, 1.807) is 31.4 Å². The number of nitrogens with zero attached hydrogens (tertiary/aromatic N) is 4. The number of hydrogen-bond acceptors (Lipinski definition) is 7. The summed E-state index contributed by atoms with van der Waals surface area (Å²) in [6.07, 6.45) is 0. The molecule has 1 amide bonds. The summed E-state index contributed by atoms with van der Waals surface area (Å²) in [7, 11) is 1.57. The molecule has 0 saturated carbocycles. The lowest BCUT2D eigenvalue weighted by Gasteiger charge is -2.09. The van der Waals surface area contributed by atoms with Crippen molar-refractivity contribution in [2.75, 3.05) is 18.2 Å². The van der Waals surface area contributed by atoms with Gasteiger partial charge in [-0.05, 0) is 52.9 Å². The number of rotatable bonds is 8. The van der Waals surface area contributed by atoms with Crippen LogP contribution in [0.3, 0.4) is 0 Å². The highest BCUT2D eigenvalue weighted by atomic mass is 35.5. The number of tetrazole rings is 1. The third-order valence-electron chi connectivity index (χ3n) is 3.52. The number of hydrogen-bond donors (Lipinski definition) is 1. The maximum Gasteiger partial charge on any atom is 0.387 e. The van der Waals surface area contributed by atoms with Crippen molar-refractivity contribution in [2.24, 2.45) is 0 Å². The van der Waals surface area contributed by atoms with E-state index < -0.39 is 6.61 Å². The van der Waals surface area contributed by atoms with Gasteiger partial charge in [0.2, 0.25) is 11.1 Å². The number of benzene rings is 2. The number of alkyl halides is 2. The highest BCUT2D eigenvalue weighted by Crippen LogP contribution is 2.29. The van der Waals surface area contributed by atoms with Crippen molar-refractivity contribution in [3.63, 3.8) is 0 Å². The molecule has 0 saturated heterocycles. The number of halogens is 3. The molecule has 29 heavy (non-hydrogen) atoms. The predicted molar refractivity (Wildman–Crippen MR) is 103 cm³/mol. The number of amides is 1. The van der Waals surface area contributed by atoms with Crippen LogP contribution in [-0.4, -0.2) is 45.6 Å². The largest absolute Gasteiger partial charge is 0.497 e. The highest BCUT2D eigenvalue weighted by Gasteiger charge is 2.13. The fourth-order valence-corrected chi connectivity index (χ4v) is 3.17. The zero-order valence-corrected chi connectivity index (χ0v) is 16.5. The Morgan fingerprint density at radius 2 is 2.03 bits per heavy atom. The number of nitrogens with one attached hydrogen (secondary N) is 1. The van der Waals surface area contributed by atoms with Crippen molar-refractivity contribution in [3.8, 4) is 17.2 Å². The Kier molecular flexibility index (Phi) is 6.83. The zero-order chi connectivity index (χ0) is 20.8. The molecule has 152 valence electrons. The molecule has 8 nitrogen and oxygen atoms in total. The molecule has 2 aromatic carbocycles.